The van der Waals surface area contributed by atoms with E-state index in [-0.39, 0.29) is 11.8 Å². The van der Waals surface area contributed by atoms with E-state index in [9.17, 15) is 4.79 Å². The molecule has 2 aliphatic rings. The summed E-state index contributed by atoms with van der Waals surface area (Å²) in [6, 6.07) is 4.34. The number of thiophene rings is 1. The van der Waals surface area contributed by atoms with Gasteiger partial charge >= 0.3 is 0 Å². The highest BCUT2D eigenvalue weighted by Gasteiger charge is 2.24. The molecule has 22 heavy (non-hydrogen) atoms. The third kappa shape index (κ3) is 4.54. The van der Waals surface area contributed by atoms with Gasteiger partial charge in [0.2, 0.25) is 5.91 Å². The molecule has 0 saturated carbocycles. The zero-order valence-electron chi connectivity index (χ0n) is 13.2. The van der Waals surface area contributed by atoms with Gasteiger partial charge in [-0.1, -0.05) is 6.07 Å². The highest BCUT2D eigenvalue weighted by Crippen LogP contribution is 2.20. The summed E-state index contributed by atoms with van der Waals surface area (Å²) in [5.41, 5.74) is 0. The molecule has 1 amide bonds. The van der Waals surface area contributed by atoms with Crippen molar-refractivity contribution in [2.45, 2.75) is 32.2 Å². The molecule has 2 saturated heterocycles. The molecule has 3 heterocycles. The summed E-state index contributed by atoms with van der Waals surface area (Å²) in [7, 11) is 0. The van der Waals surface area contributed by atoms with Crippen molar-refractivity contribution >= 4 is 17.2 Å². The Morgan fingerprint density at radius 1 is 1.36 bits per heavy atom. The van der Waals surface area contributed by atoms with Crippen molar-refractivity contribution in [1.29, 1.82) is 0 Å². The molecule has 2 fully saturated rings. The van der Waals surface area contributed by atoms with E-state index in [4.69, 9.17) is 0 Å². The van der Waals surface area contributed by atoms with Crippen LogP contribution in [0.1, 0.15) is 30.6 Å². The minimum atomic E-state index is 0.229. The molecule has 122 valence electrons. The molecule has 0 aromatic carbocycles. The molecule has 1 aromatic heterocycles. The average molecular weight is 321 g/mol. The first-order valence-corrected chi connectivity index (χ1v) is 9.42. The summed E-state index contributed by atoms with van der Waals surface area (Å²) in [5, 5.41) is 8.68. The highest BCUT2D eigenvalue weighted by molar-refractivity contribution is 7.09. The Morgan fingerprint density at radius 3 is 3.00 bits per heavy atom. The molecular formula is C17H27N3OS. The van der Waals surface area contributed by atoms with Gasteiger partial charge in [-0.25, -0.2) is 0 Å². The van der Waals surface area contributed by atoms with Crippen LogP contribution in [0, 0.1) is 11.8 Å². The van der Waals surface area contributed by atoms with Gasteiger partial charge in [0.15, 0.2) is 0 Å². The first-order valence-electron chi connectivity index (χ1n) is 8.54. The molecule has 0 spiro atoms. The molecule has 5 heteroatoms. The molecule has 1 unspecified atom stereocenters. The van der Waals surface area contributed by atoms with Gasteiger partial charge in [-0.05, 0) is 62.7 Å². The lowest BCUT2D eigenvalue weighted by molar-refractivity contribution is -0.126. The number of amides is 1. The highest BCUT2D eigenvalue weighted by atomic mass is 32.1. The number of carbonyl (C=O) groups excluding carboxylic acids is 1. The van der Waals surface area contributed by atoms with Crippen LogP contribution in [-0.2, 0) is 11.3 Å². The van der Waals surface area contributed by atoms with Crippen molar-refractivity contribution < 1.29 is 4.79 Å². The lowest BCUT2D eigenvalue weighted by Crippen LogP contribution is -2.43. The van der Waals surface area contributed by atoms with Crippen LogP contribution < -0.4 is 10.6 Å². The first-order chi connectivity index (χ1) is 10.8. The van der Waals surface area contributed by atoms with Crippen LogP contribution >= 0.6 is 11.3 Å². The van der Waals surface area contributed by atoms with Gasteiger partial charge in [0.05, 0.1) is 0 Å². The fraction of sp³-hybridized carbons (Fsp3) is 0.706. The predicted octanol–water partition coefficient (Wildman–Crippen LogP) is 2.08. The Balaban J connectivity index is 1.41. The van der Waals surface area contributed by atoms with Crippen LogP contribution in [0.15, 0.2) is 17.5 Å². The third-order valence-electron chi connectivity index (χ3n) is 4.84. The molecule has 3 rings (SSSR count). The van der Waals surface area contributed by atoms with Crippen LogP contribution in [0.2, 0.25) is 0 Å². The average Bonchev–Trinajstić information content (AvgIpc) is 3.07. The van der Waals surface area contributed by atoms with Gasteiger partial charge in [0, 0.05) is 30.4 Å². The van der Waals surface area contributed by atoms with E-state index < -0.39 is 0 Å². The van der Waals surface area contributed by atoms with Crippen LogP contribution in [0.5, 0.6) is 0 Å². The maximum Gasteiger partial charge on any atom is 0.223 e. The first kappa shape index (κ1) is 16.0. The zero-order chi connectivity index (χ0) is 15.2. The number of likely N-dealkylation sites (tertiary alicyclic amines) is 1. The molecule has 1 aromatic rings. The quantitative estimate of drug-likeness (QED) is 0.873. The number of hydrogen-bond donors (Lipinski definition) is 2. The molecule has 0 bridgehead atoms. The van der Waals surface area contributed by atoms with Crippen LogP contribution in [0.25, 0.3) is 0 Å². The maximum atomic E-state index is 12.2. The van der Waals surface area contributed by atoms with E-state index in [1.807, 2.05) is 11.3 Å². The molecule has 0 aliphatic carbocycles. The van der Waals surface area contributed by atoms with Gasteiger partial charge in [-0.15, -0.1) is 11.3 Å². The number of rotatable bonds is 5. The van der Waals surface area contributed by atoms with Gasteiger partial charge in [-0.2, -0.15) is 0 Å². The summed E-state index contributed by atoms with van der Waals surface area (Å²) in [6.45, 7) is 6.19. The molecule has 2 N–H and O–H groups in total. The number of piperidine rings is 2. The van der Waals surface area contributed by atoms with Crippen molar-refractivity contribution in [3.63, 3.8) is 0 Å². The molecule has 0 radical (unpaired) electrons. The number of hydrogen-bond acceptors (Lipinski definition) is 4. The smallest absolute Gasteiger partial charge is 0.223 e. The largest absolute Gasteiger partial charge is 0.356 e. The van der Waals surface area contributed by atoms with Crippen molar-refractivity contribution in [2.75, 3.05) is 32.7 Å². The topological polar surface area (TPSA) is 44.4 Å². The lowest BCUT2D eigenvalue weighted by atomic mass is 9.95. The Labute approximate surface area is 137 Å². The Hall–Kier alpha value is -0.910. The SMILES string of the molecule is O=C(NCC1CCCN(Cc2cccs2)C1)C1CCNCC1. The Morgan fingerprint density at radius 2 is 2.23 bits per heavy atom. The second-order valence-electron chi connectivity index (χ2n) is 6.59. The number of nitrogens with one attached hydrogen (secondary N) is 2. The molecule has 1 atom stereocenters. The van der Waals surface area contributed by atoms with E-state index in [2.05, 4.69) is 33.0 Å². The second-order valence-corrected chi connectivity index (χ2v) is 7.62. The summed E-state index contributed by atoms with van der Waals surface area (Å²) in [5.74, 6) is 1.11. The summed E-state index contributed by atoms with van der Waals surface area (Å²) in [6.07, 6.45) is 4.47. The normalized spacial score (nSPS) is 24.3. The lowest BCUT2D eigenvalue weighted by Gasteiger charge is -2.33. The van der Waals surface area contributed by atoms with Crippen molar-refractivity contribution in [3.05, 3.63) is 22.4 Å². The summed E-state index contributed by atoms with van der Waals surface area (Å²) in [4.78, 5) is 16.2. The van der Waals surface area contributed by atoms with Crippen LogP contribution in [-0.4, -0.2) is 43.5 Å². The van der Waals surface area contributed by atoms with E-state index in [0.717, 1.165) is 45.6 Å². The van der Waals surface area contributed by atoms with E-state index in [0.29, 0.717) is 5.92 Å². The molecular weight excluding hydrogens is 294 g/mol. The van der Waals surface area contributed by atoms with Crippen LogP contribution in [0.3, 0.4) is 0 Å². The third-order valence-corrected chi connectivity index (χ3v) is 5.70. The Kier molecular flexibility index (Phi) is 5.87. The number of nitrogens with zero attached hydrogens (tertiary/aromatic N) is 1. The summed E-state index contributed by atoms with van der Waals surface area (Å²) < 4.78 is 0. The van der Waals surface area contributed by atoms with Gasteiger partial charge in [-0.3, -0.25) is 9.69 Å². The van der Waals surface area contributed by atoms with Crippen molar-refractivity contribution in [3.8, 4) is 0 Å². The minimum Gasteiger partial charge on any atom is -0.356 e. The van der Waals surface area contributed by atoms with Crippen molar-refractivity contribution in [1.82, 2.24) is 15.5 Å². The van der Waals surface area contributed by atoms with Crippen LogP contribution in [0.4, 0.5) is 0 Å². The zero-order valence-corrected chi connectivity index (χ0v) is 14.0. The summed E-state index contributed by atoms with van der Waals surface area (Å²) >= 11 is 1.84. The fourth-order valence-corrected chi connectivity index (χ4v) is 4.30. The van der Waals surface area contributed by atoms with Gasteiger partial charge in [0.1, 0.15) is 0 Å². The van der Waals surface area contributed by atoms with E-state index in [1.165, 1.54) is 24.3 Å². The maximum absolute atomic E-state index is 12.2. The number of carbonyl (C=O) groups is 1. The monoisotopic (exact) mass is 321 g/mol. The predicted molar refractivity (Wildman–Crippen MR) is 90.9 cm³/mol. The van der Waals surface area contributed by atoms with Gasteiger partial charge < -0.3 is 10.6 Å². The minimum absolute atomic E-state index is 0.229. The van der Waals surface area contributed by atoms with Gasteiger partial charge in [0.25, 0.3) is 0 Å². The van der Waals surface area contributed by atoms with Crippen molar-refractivity contribution in [2.24, 2.45) is 11.8 Å². The van der Waals surface area contributed by atoms with E-state index in [1.54, 1.807) is 0 Å². The van der Waals surface area contributed by atoms with E-state index >= 15 is 0 Å². The standard InChI is InChI=1S/C17H27N3OS/c21-17(15-5-7-18-8-6-15)19-11-14-3-1-9-20(12-14)13-16-4-2-10-22-16/h2,4,10,14-15,18H,1,3,5-9,11-13H2,(H,19,21). The second kappa shape index (κ2) is 8.09. The Bertz CT molecular complexity index is 456. The fourth-order valence-electron chi connectivity index (χ4n) is 3.56. The molecule has 4 nitrogen and oxygen atoms in total. The molecule has 2 aliphatic heterocycles.